The van der Waals surface area contributed by atoms with Gasteiger partial charge in [0.15, 0.2) is 0 Å². The Morgan fingerprint density at radius 2 is 2.12 bits per heavy atom. The average Bonchev–Trinajstić information content (AvgIpc) is 2.23. The summed E-state index contributed by atoms with van der Waals surface area (Å²) >= 11 is 3.52. The highest BCUT2D eigenvalue weighted by Gasteiger charge is 2.25. The molecule has 0 bridgehead atoms. The number of nitrogens with one attached hydrogen (secondary N) is 1. The van der Waals surface area contributed by atoms with Gasteiger partial charge >= 0.3 is 6.03 Å². The zero-order valence-corrected chi connectivity index (χ0v) is 11.3. The number of nitrogens with zero attached hydrogens (tertiary/aromatic N) is 1. The van der Waals surface area contributed by atoms with Gasteiger partial charge in [0.2, 0.25) is 0 Å². The number of anilines is 1. The van der Waals surface area contributed by atoms with Crippen LogP contribution >= 0.6 is 15.9 Å². The van der Waals surface area contributed by atoms with E-state index in [2.05, 4.69) is 28.2 Å². The number of urea groups is 1. The SMILES string of the molecule is Cc1c(Br)ccc2c1CN(C(C)C)C(=O)N2. The minimum Gasteiger partial charge on any atom is -0.318 e. The number of rotatable bonds is 1. The van der Waals surface area contributed by atoms with Gasteiger partial charge in [0.1, 0.15) is 0 Å². The minimum absolute atomic E-state index is 0.00998. The lowest BCUT2D eigenvalue weighted by Gasteiger charge is -2.33. The number of benzene rings is 1. The van der Waals surface area contributed by atoms with Gasteiger partial charge in [-0.2, -0.15) is 0 Å². The highest BCUT2D eigenvalue weighted by atomic mass is 79.9. The fourth-order valence-electron chi connectivity index (χ4n) is 1.90. The predicted molar refractivity (Wildman–Crippen MR) is 68.6 cm³/mol. The van der Waals surface area contributed by atoms with E-state index in [4.69, 9.17) is 0 Å². The fraction of sp³-hybridized carbons (Fsp3) is 0.417. The number of carbonyl (C=O) groups is 1. The van der Waals surface area contributed by atoms with Crippen molar-refractivity contribution in [3.05, 3.63) is 27.7 Å². The normalized spacial score (nSPS) is 15.1. The molecule has 16 heavy (non-hydrogen) atoms. The van der Waals surface area contributed by atoms with Crippen molar-refractivity contribution in [2.75, 3.05) is 5.32 Å². The molecule has 0 aliphatic carbocycles. The molecule has 3 nitrogen and oxygen atoms in total. The molecule has 1 heterocycles. The van der Waals surface area contributed by atoms with Crippen molar-refractivity contribution in [2.45, 2.75) is 33.4 Å². The van der Waals surface area contributed by atoms with E-state index in [1.807, 2.05) is 30.9 Å². The zero-order chi connectivity index (χ0) is 11.9. The maximum absolute atomic E-state index is 11.8. The molecule has 1 aromatic rings. The van der Waals surface area contributed by atoms with Crippen LogP contribution in [0.25, 0.3) is 0 Å². The fourth-order valence-corrected chi connectivity index (χ4v) is 2.27. The van der Waals surface area contributed by atoms with Crippen LogP contribution < -0.4 is 5.32 Å². The summed E-state index contributed by atoms with van der Waals surface area (Å²) < 4.78 is 1.09. The van der Waals surface area contributed by atoms with E-state index in [1.54, 1.807) is 0 Å². The number of fused-ring (bicyclic) bond motifs is 1. The number of hydrogen-bond acceptors (Lipinski definition) is 1. The van der Waals surface area contributed by atoms with Crippen LogP contribution in [0.3, 0.4) is 0 Å². The third kappa shape index (κ3) is 1.82. The van der Waals surface area contributed by atoms with Crippen LogP contribution in [0, 0.1) is 6.92 Å². The summed E-state index contributed by atoms with van der Waals surface area (Å²) in [5.41, 5.74) is 3.33. The molecule has 1 aromatic carbocycles. The molecule has 0 radical (unpaired) electrons. The van der Waals surface area contributed by atoms with Crippen molar-refractivity contribution in [1.82, 2.24) is 4.90 Å². The van der Waals surface area contributed by atoms with E-state index in [1.165, 1.54) is 11.1 Å². The van der Waals surface area contributed by atoms with E-state index in [0.717, 1.165) is 10.2 Å². The van der Waals surface area contributed by atoms with Gasteiger partial charge in [-0.15, -0.1) is 0 Å². The third-order valence-electron chi connectivity index (χ3n) is 2.99. The van der Waals surface area contributed by atoms with Crippen LogP contribution in [0.5, 0.6) is 0 Å². The maximum atomic E-state index is 11.8. The molecular formula is C12H15BrN2O. The summed E-state index contributed by atoms with van der Waals surface area (Å²) in [6.45, 7) is 6.80. The number of carbonyl (C=O) groups excluding carboxylic acids is 1. The van der Waals surface area contributed by atoms with Crippen molar-refractivity contribution in [1.29, 1.82) is 0 Å². The summed E-state index contributed by atoms with van der Waals surface area (Å²) in [6, 6.07) is 4.12. The summed E-state index contributed by atoms with van der Waals surface area (Å²) in [5.74, 6) is 0. The molecule has 0 spiro atoms. The Bertz CT molecular complexity index is 443. The van der Waals surface area contributed by atoms with E-state index in [0.29, 0.717) is 6.54 Å². The Hall–Kier alpha value is -1.03. The van der Waals surface area contributed by atoms with Gasteiger partial charge in [-0.25, -0.2) is 4.79 Å². The molecule has 4 heteroatoms. The van der Waals surface area contributed by atoms with Crippen LogP contribution in [0.15, 0.2) is 16.6 Å². The van der Waals surface area contributed by atoms with Gasteiger partial charge in [0, 0.05) is 16.2 Å². The second kappa shape index (κ2) is 4.09. The molecule has 0 fully saturated rings. The van der Waals surface area contributed by atoms with Crippen molar-refractivity contribution in [2.24, 2.45) is 0 Å². The molecule has 0 saturated heterocycles. The largest absolute Gasteiger partial charge is 0.322 e. The summed E-state index contributed by atoms with van der Waals surface area (Å²) in [7, 11) is 0. The van der Waals surface area contributed by atoms with Gasteiger partial charge in [-0.1, -0.05) is 15.9 Å². The Labute approximate surface area is 104 Å². The van der Waals surface area contributed by atoms with Gasteiger partial charge in [-0.05, 0) is 44.0 Å². The molecule has 0 aromatic heterocycles. The van der Waals surface area contributed by atoms with Gasteiger partial charge in [0.05, 0.1) is 6.54 Å². The lowest BCUT2D eigenvalue weighted by Crippen LogP contribution is -2.43. The predicted octanol–water partition coefficient (Wildman–Crippen LogP) is 3.51. The Kier molecular flexibility index (Phi) is 2.93. The van der Waals surface area contributed by atoms with Crippen molar-refractivity contribution in [3.63, 3.8) is 0 Å². The number of hydrogen-bond donors (Lipinski definition) is 1. The second-order valence-corrected chi connectivity index (χ2v) is 5.20. The zero-order valence-electron chi connectivity index (χ0n) is 9.67. The third-order valence-corrected chi connectivity index (χ3v) is 3.85. The Morgan fingerprint density at radius 3 is 2.75 bits per heavy atom. The van der Waals surface area contributed by atoms with Crippen LogP contribution in [0.1, 0.15) is 25.0 Å². The highest BCUT2D eigenvalue weighted by Crippen LogP contribution is 2.31. The molecule has 86 valence electrons. The first kappa shape index (κ1) is 11.5. The molecule has 2 amide bonds. The standard InChI is InChI=1S/C12H15BrN2O/c1-7(2)15-6-9-8(3)10(13)4-5-11(9)14-12(15)16/h4-5,7H,6H2,1-3H3,(H,14,16). The molecule has 1 aliphatic heterocycles. The van der Waals surface area contributed by atoms with Crippen molar-refractivity contribution >= 4 is 27.6 Å². The first-order chi connectivity index (χ1) is 7.50. The number of halogens is 1. The lowest BCUT2D eigenvalue weighted by molar-refractivity contribution is 0.191. The summed E-state index contributed by atoms with van der Waals surface area (Å²) in [4.78, 5) is 13.6. The molecule has 0 unspecified atom stereocenters. The van der Waals surface area contributed by atoms with E-state index in [9.17, 15) is 4.79 Å². The smallest absolute Gasteiger partial charge is 0.318 e. The topological polar surface area (TPSA) is 32.3 Å². The molecule has 0 atom stereocenters. The quantitative estimate of drug-likeness (QED) is 0.840. The highest BCUT2D eigenvalue weighted by molar-refractivity contribution is 9.10. The van der Waals surface area contributed by atoms with E-state index in [-0.39, 0.29) is 12.1 Å². The maximum Gasteiger partial charge on any atom is 0.322 e. The van der Waals surface area contributed by atoms with E-state index >= 15 is 0 Å². The molecule has 0 saturated carbocycles. The molecule has 1 N–H and O–H groups in total. The minimum atomic E-state index is -0.00998. The van der Waals surface area contributed by atoms with Crippen LogP contribution in [-0.4, -0.2) is 17.0 Å². The first-order valence-corrected chi connectivity index (χ1v) is 6.15. The lowest BCUT2D eigenvalue weighted by atomic mass is 10.0. The Morgan fingerprint density at radius 1 is 1.44 bits per heavy atom. The van der Waals surface area contributed by atoms with Gasteiger partial charge in [0.25, 0.3) is 0 Å². The van der Waals surface area contributed by atoms with E-state index < -0.39 is 0 Å². The Balaban J connectivity index is 2.44. The first-order valence-electron chi connectivity index (χ1n) is 5.36. The van der Waals surface area contributed by atoms with Crippen LogP contribution in [0.4, 0.5) is 10.5 Å². The summed E-state index contributed by atoms with van der Waals surface area (Å²) in [6.07, 6.45) is 0. The molecule has 2 rings (SSSR count). The number of amides is 2. The van der Waals surface area contributed by atoms with Crippen molar-refractivity contribution < 1.29 is 4.79 Å². The van der Waals surface area contributed by atoms with Crippen molar-refractivity contribution in [3.8, 4) is 0 Å². The molecular weight excluding hydrogens is 268 g/mol. The van der Waals surface area contributed by atoms with Gasteiger partial charge in [-0.3, -0.25) is 0 Å². The van der Waals surface area contributed by atoms with Crippen LogP contribution in [-0.2, 0) is 6.54 Å². The average molecular weight is 283 g/mol. The van der Waals surface area contributed by atoms with Gasteiger partial charge < -0.3 is 10.2 Å². The van der Waals surface area contributed by atoms with Crippen LogP contribution in [0.2, 0.25) is 0 Å². The monoisotopic (exact) mass is 282 g/mol. The molecule has 1 aliphatic rings. The second-order valence-electron chi connectivity index (χ2n) is 4.35. The summed E-state index contributed by atoms with van der Waals surface area (Å²) in [5, 5.41) is 2.93.